The van der Waals surface area contributed by atoms with Crippen LogP contribution in [0.15, 0.2) is 53.2 Å². The average Bonchev–Trinajstić information content (AvgIpc) is 3.37. The number of carboxylic acids is 1. The third-order valence-corrected chi connectivity index (χ3v) is 7.27. The number of amides is 1. The number of aryl methyl sites for hydroxylation is 1. The predicted octanol–water partition coefficient (Wildman–Crippen LogP) is 5.46. The molecule has 0 spiro atoms. The van der Waals surface area contributed by atoms with Gasteiger partial charge in [0.1, 0.15) is 11.2 Å². The Morgan fingerprint density at radius 2 is 1.93 bits per heavy atom. The first-order valence-corrected chi connectivity index (χ1v) is 11.5. The van der Waals surface area contributed by atoms with E-state index in [1.165, 1.54) is 23.9 Å². The second kappa shape index (κ2) is 8.62. The van der Waals surface area contributed by atoms with Crippen LogP contribution in [0.5, 0.6) is 0 Å². The van der Waals surface area contributed by atoms with E-state index >= 15 is 0 Å². The van der Waals surface area contributed by atoms with Crippen LogP contribution in [-0.4, -0.2) is 22.7 Å². The summed E-state index contributed by atoms with van der Waals surface area (Å²) in [6, 6.07) is 11.5. The SMILES string of the molecule is Cc1c(N2C(=O)CSC2c2ccc(F)cc2)ccc(C(=O)O)c1CCc1ccsc1. The zero-order valence-corrected chi connectivity index (χ0v) is 17.9. The molecule has 154 valence electrons. The molecule has 4 nitrogen and oxygen atoms in total. The third kappa shape index (κ3) is 4.00. The maximum absolute atomic E-state index is 13.4. The predicted molar refractivity (Wildman–Crippen MR) is 119 cm³/mol. The number of hydrogen-bond acceptors (Lipinski definition) is 4. The highest BCUT2D eigenvalue weighted by Crippen LogP contribution is 2.43. The van der Waals surface area contributed by atoms with Crippen LogP contribution in [0.4, 0.5) is 10.1 Å². The van der Waals surface area contributed by atoms with Crippen LogP contribution in [0.25, 0.3) is 0 Å². The van der Waals surface area contributed by atoms with Gasteiger partial charge < -0.3 is 5.11 Å². The van der Waals surface area contributed by atoms with Crippen LogP contribution in [-0.2, 0) is 17.6 Å². The lowest BCUT2D eigenvalue weighted by atomic mass is 9.94. The van der Waals surface area contributed by atoms with Gasteiger partial charge in [0.2, 0.25) is 5.91 Å². The minimum absolute atomic E-state index is 0.0377. The van der Waals surface area contributed by atoms with Crippen molar-refractivity contribution in [3.05, 3.63) is 86.9 Å². The molecule has 3 aromatic rings. The monoisotopic (exact) mass is 441 g/mol. The summed E-state index contributed by atoms with van der Waals surface area (Å²) < 4.78 is 13.4. The van der Waals surface area contributed by atoms with Gasteiger partial charge in [0, 0.05) is 5.69 Å². The Kier molecular flexibility index (Phi) is 5.92. The molecule has 0 aliphatic carbocycles. The van der Waals surface area contributed by atoms with Gasteiger partial charge in [-0.1, -0.05) is 12.1 Å². The summed E-state index contributed by atoms with van der Waals surface area (Å²) in [5.74, 6) is -1.00. The van der Waals surface area contributed by atoms with Gasteiger partial charge in [-0.3, -0.25) is 9.69 Å². The van der Waals surface area contributed by atoms with Crippen molar-refractivity contribution >= 4 is 40.7 Å². The molecular formula is C23H20FNO3S2. The van der Waals surface area contributed by atoms with Gasteiger partial charge in [-0.2, -0.15) is 11.3 Å². The van der Waals surface area contributed by atoms with Crippen LogP contribution >= 0.6 is 23.1 Å². The Hall–Kier alpha value is -2.64. The number of rotatable bonds is 6. The highest BCUT2D eigenvalue weighted by Gasteiger charge is 2.35. The summed E-state index contributed by atoms with van der Waals surface area (Å²) in [6.45, 7) is 1.88. The molecule has 1 unspecified atom stereocenters. The molecule has 30 heavy (non-hydrogen) atoms. The van der Waals surface area contributed by atoms with Crippen LogP contribution in [0.3, 0.4) is 0 Å². The quantitative estimate of drug-likeness (QED) is 0.552. The summed E-state index contributed by atoms with van der Waals surface area (Å²) in [4.78, 5) is 26.3. The van der Waals surface area contributed by atoms with Crippen LogP contribution in [0.2, 0.25) is 0 Å². The average molecular weight is 442 g/mol. The topological polar surface area (TPSA) is 57.6 Å². The van der Waals surface area contributed by atoms with Gasteiger partial charge in [-0.25, -0.2) is 9.18 Å². The van der Waals surface area contributed by atoms with Crippen molar-refractivity contribution in [1.82, 2.24) is 0 Å². The first-order chi connectivity index (χ1) is 14.5. The van der Waals surface area contributed by atoms with E-state index in [9.17, 15) is 19.1 Å². The molecule has 0 bridgehead atoms. The van der Waals surface area contributed by atoms with Crippen LogP contribution in [0, 0.1) is 12.7 Å². The van der Waals surface area contributed by atoms with E-state index in [1.807, 2.05) is 18.4 Å². The van der Waals surface area contributed by atoms with Gasteiger partial charge in [0.05, 0.1) is 11.3 Å². The smallest absolute Gasteiger partial charge is 0.335 e. The summed E-state index contributed by atoms with van der Waals surface area (Å²) in [5, 5.41) is 13.5. The summed E-state index contributed by atoms with van der Waals surface area (Å²) in [7, 11) is 0. The molecule has 1 fully saturated rings. The Balaban J connectivity index is 1.73. The number of anilines is 1. The summed E-state index contributed by atoms with van der Waals surface area (Å²) in [5.41, 5.74) is 4.53. The van der Waals surface area contributed by atoms with E-state index in [0.29, 0.717) is 17.9 Å². The number of carbonyl (C=O) groups excluding carboxylic acids is 1. The molecular weight excluding hydrogens is 421 g/mol. The zero-order chi connectivity index (χ0) is 21.3. The number of halogens is 1. The Labute approximate surface area is 182 Å². The van der Waals surface area contributed by atoms with E-state index < -0.39 is 5.97 Å². The first-order valence-electron chi connectivity index (χ1n) is 9.51. The van der Waals surface area contributed by atoms with Gasteiger partial charge >= 0.3 is 5.97 Å². The molecule has 1 N–H and O–H groups in total. The zero-order valence-electron chi connectivity index (χ0n) is 16.3. The van der Waals surface area contributed by atoms with E-state index in [1.54, 1.807) is 40.5 Å². The van der Waals surface area contributed by atoms with E-state index in [2.05, 4.69) is 5.38 Å². The normalized spacial score (nSPS) is 16.3. The summed E-state index contributed by atoms with van der Waals surface area (Å²) >= 11 is 3.10. The number of aromatic carboxylic acids is 1. The Morgan fingerprint density at radius 1 is 1.17 bits per heavy atom. The molecule has 7 heteroatoms. The number of hydrogen-bond donors (Lipinski definition) is 1. The molecule has 2 aromatic carbocycles. The fraction of sp³-hybridized carbons (Fsp3) is 0.217. The minimum atomic E-state index is -0.970. The van der Waals surface area contributed by atoms with Crippen molar-refractivity contribution in [2.75, 3.05) is 10.7 Å². The Bertz CT molecular complexity index is 1080. The fourth-order valence-corrected chi connectivity index (χ4v) is 5.66. The molecule has 1 atom stereocenters. The maximum atomic E-state index is 13.4. The number of carboxylic acid groups (broad SMARTS) is 1. The summed E-state index contributed by atoms with van der Waals surface area (Å²) in [6.07, 6.45) is 1.31. The van der Waals surface area contributed by atoms with Crippen molar-refractivity contribution in [1.29, 1.82) is 0 Å². The van der Waals surface area contributed by atoms with Crippen molar-refractivity contribution in [3.63, 3.8) is 0 Å². The Morgan fingerprint density at radius 3 is 2.60 bits per heavy atom. The molecule has 2 heterocycles. The van der Waals surface area contributed by atoms with E-state index in [0.717, 1.165) is 28.7 Å². The highest BCUT2D eigenvalue weighted by atomic mass is 32.2. The molecule has 1 saturated heterocycles. The highest BCUT2D eigenvalue weighted by molar-refractivity contribution is 8.00. The van der Waals surface area contributed by atoms with E-state index in [-0.39, 0.29) is 22.7 Å². The second-order valence-corrected chi connectivity index (χ2v) is 9.00. The fourth-order valence-electron chi connectivity index (χ4n) is 3.79. The molecule has 1 aromatic heterocycles. The van der Waals surface area contributed by atoms with Crippen molar-refractivity contribution in [2.24, 2.45) is 0 Å². The largest absolute Gasteiger partial charge is 0.478 e. The van der Waals surface area contributed by atoms with Crippen molar-refractivity contribution < 1.29 is 19.1 Å². The standard InChI is InChI=1S/C23H20FNO3S2/c1-14-18(7-2-15-10-11-29-12-15)19(23(27)28)8-9-20(14)25-21(26)13-30-22(25)16-3-5-17(24)6-4-16/h3-6,8-12,22H,2,7,13H2,1H3,(H,27,28). The van der Waals surface area contributed by atoms with Gasteiger partial charge in [-0.15, -0.1) is 11.8 Å². The second-order valence-electron chi connectivity index (χ2n) is 7.15. The number of carbonyl (C=O) groups is 2. The van der Waals surface area contributed by atoms with Gasteiger partial charge in [0.15, 0.2) is 0 Å². The molecule has 0 radical (unpaired) electrons. The molecule has 4 rings (SSSR count). The lowest BCUT2D eigenvalue weighted by Crippen LogP contribution is -2.29. The van der Waals surface area contributed by atoms with E-state index in [4.69, 9.17) is 0 Å². The number of benzene rings is 2. The van der Waals surface area contributed by atoms with Gasteiger partial charge in [-0.05, 0) is 83.1 Å². The lowest BCUT2D eigenvalue weighted by Gasteiger charge is -2.27. The molecule has 1 aliphatic heterocycles. The lowest BCUT2D eigenvalue weighted by molar-refractivity contribution is -0.115. The number of nitrogens with zero attached hydrogens (tertiary/aromatic N) is 1. The minimum Gasteiger partial charge on any atom is -0.478 e. The van der Waals surface area contributed by atoms with Crippen molar-refractivity contribution in [3.8, 4) is 0 Å². The van der Waals surface area contributed by atoms with Gasteiger partial charge in [0.25, 0.3) is 0 Å². The molecule has 1 aliphatic rings. The van der Waals surface area contributed by atoms with Crippen LogP contribution < -0.4 is 4.90 Å². The van der Waals surface area contributed by atoms with Crippen LogP contribution in [0.1, 0.15) is 38.0 Å². The maximum Gasteiger partial charge on any atom is 0.335 e. The number of thioether (sulfide) groups is 1. The first kappa shape index (κ1) is 20.6. The molecule has 0 saturated carbocycles. The van der Waals surface area contributed by atoms with Crippen molar-refractivity contribution in [2.45, 2.75) is 25.1 Å². The molecule has 1 amide bonds. The third-order valence-electron chi connectivity index (χ3n) is 5.33. The number of thiophene rings is 1.